The summed E-state index contributed by atoms with van der Waals surface area (Å²) < 4.78 is 18.2. The summed E-state index contributed by atoms with van der Waals surface area (Å²) in [6.07, 6.45) is 4.80. The second-order valence-corrected chi connectivity index (χ2v) is 17.5. The maximum Gasteiger partial charge on any atom is 0.516 e. The molecule has 2 aromatic carbocycles. The number of carbonyl (C=O) groups excluding carboxylic acids is 2. The highest BCUT2D eigenvalue weighted by Crippen LogP contribution is 2.44. The third-order valence-corrected chi connectivity index (χ3v) is 10.3. The van der Waals surface area contributed by atoms with E-state index in [0.717, 1.165) is 28.4 Å². The second kappa shape index (κ2) is 15.0. The highest BCUT2D eigenvalue weighted by Gasteiger charge is 2.43. The summed E-state index contributed by atoms with van der Waals surface area (Å²) in [5.74, 6) is -1.25. The summed E-state index contributed by atoms with van der Waals surface area (Å²) in [6, 6.07) is 19.5. The molecule has 0 radical (unpaired) electrons. The van der Waals surface area contributed by atoms with E-state index in [2.05, 4.69) is 36.8 Å². The van der Waals surface area contributed by atoms with Crippen LogP contribution in [0.3, 0.4) is 0 Å². The lowest BCUT2D eigenvalue weighted by atomic mass is 9.98. The van der Waals surface area contributed by atoms with Crippen molar-refractivity contribution in [3.8, 4) is 11.1 Å². The van der Waals surface area contributed by atoms with Gasteiger partial charge < -0.3 is 34.7 Å². The Morgan fingerprint density at radius 1 is 1.04 bits per heavy atom. The molecule has 1 fully saturated rings. The van der Waals surface area contributed by atoms with Crippen LogP contribution >= 0.6 is 6.89 Å². The van der Waals surface area contributed by atoms with Crippen LogP contribution in [0.2, 0.25) is 0 Å². The monoisotopic (exact) mass is 663 g/mol. The number of rotatable bonds is 12. The first-order chi connectivity index (χ1) is 22.4. The fourth-order valence-electron chi connectivity index (χ4n) is 6.21. The number of benzene rings is 2. The molecule has 252 valence electrons. The van der Waals surface area contributed by atoms with Gasteiger partial charge in [0.15, 0.2) is 6.23 Å². The minimum Gasteiger partial charge on any atom is -0.433 e. The number of nitrogens with two attached hydrogens (primary N) is 1. The molecule has 47 heavy (non-hydrogen) atoms. The molecule has 0 saturated carbocycles. The molecule has 3 aromatic rings. The molecule has 5 rings (SSSR count). The van der Waals surface area contributed by atoms with E-state index >= 15 is 0 Å². The van der Waals surface area contributed by atoms with Gasteiger partial charge in [0.1, 0.15) is 24.3 Å². The van der Waals surface area contributed by atoms with Crippen LogP contribution in [0.5, 0.6) is 0 Å². The number of aliphatic hydroxyl groups is 2. The van der Waals surface area contributed by atoms with Gasteiger partial charge in [-0.05, 0) is 67.1 Å². The van der Waals surface area contributed by atoms with E-state index in [1.165, 1.54) is 0 Å². The molecule has 1 aromatic heterocycles. The van der Waals surface area contributed by atoms with Crippen LogP contribution in [0.1, 0.15) is 55.9 Å². The Morgan fingerprint density at radius 2 is 1.70 bits per heavy atom. The number of hydrogen-bond acceptors (Lipinski definition) is 9. The van der Waals surface area contributed by atoms with Gasteiger partial charge in [0, 0.05) is 30.4 Å². The first-order valence-electron chi connectivity index (χ1n) is 16.2. The second-order valence-electron chi connectivity index (χ2n) is 13.2. The van der Waals surface area contributed by atoms with Crippen molar-refractivity contribution in [2.45, 2.75) is 63.1 Å². The smallest absolute Gasteiger partial charge is 0.433 e. The molecule has 1 unspecified atom stereocenters. The zero-order chi connectivity index (χ0) is 33.7. The summed E-state index contributed by atoms with van der Waals surface area (Å²) >= 11 is 0. The van der Waals surface area contributed by atoms with Crippen molar-refractivity contribution in [3.63, 3.8) is 0 Å². The number of fused-ring (bicyclic) bond motifs is 3. The first-order valence-corrected chi connectivity index (χ1v) is 19.2. The Balaban J connectivity index is 1.09. The van der Waals surface area contributed by atoms with Crippen LogP contribution in [0.15, 0.2) is 71.9 Å². The van der Waals surface area contributed by atoms with Gasteiger partial charge in [-0.2, -0.15) is 0 Å². The number of nitrogen functional groups attached to an aromatic ring is 1. The molecule has 0 amide bonds. The van der Waals surface area contributed by atoms with E-state index in [1.54, 1.807) is 29.8 Å². The van der Waals surface area contributed by atoms with Crippen LogP contribution in [-0.2, 0) is 19.0 Å². The Hall–Kier alpha value is -3.69. The third-order valence-electron chi connectivity index (χ3n) is 8.85. The van der Waals surface area contributed by atoms with Gasteiger partial charge in [-0.3, -0.25) is 9.79 Å². The average molecular weight is 664 g/mol. The lowest BCUT2D eigenvalue weighted by Crippen LogP contribution is -2.35. The summed E-state index contributed by atoms with van der Waals surface area (Å²) in [4.78, 5) is 29.7. The lowest BCUT2D eigenvalue weighted by Gasteiger charge is -2.20. The third kappa shape index (κ3) is 8.43. The molecule has 1 aliphatic heterocycles. The molecular formula is C36H46N3O7P. The highest BCUT2D eigenvalue weighted by atomic mass is 31.2. The summed E-state index contributed by atoms with van der Waals surface area (Å²) in [6.45, 7) is 5.19. The van der Waals surface area contributed by atoms with Crippen molar-refractivity contribution >= 4 is 31.0 Å². The van der Waals surface area contributed by atoms with Crippen molar-refractivity contribution in [1.29, 1.82) is 0 Å². The van der Waals surface area contributed by atoms with Crippen LogP contribution in [0.25, 0.3) is 11.1 Å². The lowest BCUT2D eigenvalue weighted by molar-refractivity contribution is -0.144. The van der Waals surface area contributed by atoms with Crippen molar-refractivity contribution in [2.75, 3.05) is 38.4 Å². The summed E-state index contributed by atoms with van der Waals surface area (Å²) in [5.41, 5.74) is 11.5. The first kappa shape index (κ1) is 34.6. The van der Waals surface area contributed by atoms with Crippen molar-refractivity contribution < 1.29 is 34.0 Å². The van der Waals surface area contributed by atoms with E-state index < -0.39 is 49.5 Å². The van der Waals surface area contributed by atoms with E-state index in [-0.39, 0.29) is 12.5 Å². The van der Waals surface area contributed by atoms with Crippen molar-refractivity contribution in [3.05, 3.63) is 83.5 Å². The number of aromatic nitrogens is 1. The predicted molar refractivity (Wildman–Crippen MR) is 185 cm³/mol. The van der Waals surface area contributed by atoms with Gasteiger partial charge in [0.05, 0.1) is 12.0 Å². The molecule has 0 bridgehead atoms. The van der Waals surface area contributed by atoms with Crippen LogP contribution in [0, 0.1) is 5.92 Å². The van der Waals surface area contributed by atoms with Gasteiger partial charge in [0.25, 0.3) is 0 Å². The number of nitrogens with zero attached hydrogens (tertiary/aromatic N) is 2. The zero-order valence-electron chi connectivity index (χ0n) is 27.3. The normalized spacial score (nSPS) is 21.7. The van der Waals surface area contributed by atoms with Crippen molar-refractivity contribution in [2.24, 2.45) is 10.9 Å². The molecule has 5 atom stereocenters. The molecule has 2 heterocycles. The quantitative estimate of drug-likeness (QED) is 0.106. The molecule has 2 aliphatic rings. The molecule has 0 spiro atoms. The van der Waals surface area contributed by atoms with Crippen molar-refractivity contribution in [1.82, 2.24) is 4.57 Å². The van der Waals surface area contributed by atoms with E-state index in [1.807, 2.05) is 36.4 Å². The summed E-state index contributed by atoms with van der Waals surface area (Å²) in [7, 11) is 0. The Kier molecular flexibility index (Phi) is 11.1. The molecule has 1 saturated heterocycles. The number of carbonyl (C=O) groups is 2. The van der Waals surface area contributed by atoms with Gasteiger partial charge >= 0.3 is 12.1 Å². The number of pyridine rings is 1. The predicted octanol–water partition coefficient (Wildman–Crippen LogP) is 4.99. The molecule has 10 nitrogen and oxygen atoms in total. The number of anilines is 1. The molecule has 11 heteroatoms. The summed E-state index contributed by atoms with van der Waals surface area (Å²) in [5, 5.41) is 21.5. The maximum atomic E-state index is 12.6. The van der Waals surface area contributed by atoms with Crippen LogP contribution in [-0.4, -0.2) is 84.2 Å². The largest absolute Gasteiger partial charge is 0.516 e. The Labute approximate surface area is 276 Å². The molecule has 1 aliphatic carbocycles. The van der Waals surface area contributed by atoms with Gasteiger partial charge in [-0.1, -0.05) is 61.9 Å². The van der Waals surface area contributed by atoms with E-state index in [4.69, 9.17) is 19.9 Å². The molecule has 4 N–H and O–H groups in total. The minimum atomic E-state index is -1.31. The SMILES string of the molecule is C=P(C)(C)CC[C@H]1O[C@@H](n2ccc(N)cc2=NCCCCC(C)C(=O)OC(=O)OCC2c3ccccc3-c3ccccc32)[C@H](O)[C@@H]1O. The Bertz CT molecular complexity index is 1650. The number of esters is 1. The average Bonchev–Trinajstić information content (AvgIpc) is 3.51. The number of aliphatic hydroxyl groups excluding tert-OH is 2. The van der Waals surface area contributed by atoms with Gasteiger partial charge in [-0.15, -0.1) is 13.2 Å². The van der Waals surface area contributed by atoms with Crippen LogP contribution in [0.4, 0.5) is 10.5 Å². The fraction of sp³-hybridized carbons (Fsp3) is 0.444. The number of hydrogen-bond donors (Lipinski definition) is 3. The van der Waals surface area contributed by atoms with Gasteiger partial charge in [0.2, 0.25) is 0 Å². The highest BCUT2D eigenvalue weighted by molar-refractivity contribution is 7.72. The standard InChI is InChI=1S/C36H46N3O7P/c1-23(35(42)46-36(43)44-22-29-27-14-7-5-12-25(27)26-13-6-8-15-28(26)29)11-9-10-18-38-31-21-24(37)16-19-39(31)34-33(41)32(40)30(45-34)17-20-47(2,3)4/h5-8,12-16,19,21,23,29-30,32-34,40-41H,2,9-11,17-18,20,22,37H2,1,3-4H3/t23?,30-,32-,33-,34-/m1/s1. The number of unbranched alkanes of at least 4 members (excludes halogenated alkanes) is 1. The zero-order valence-corrected chi connectivity index (χ0v) is 28.2. The number of ether oxygens (including phenoxy) is 3. The van der Waals surface area contributed by atoms with E-state index in [0.29, 0.717) is 43.4 Å². The van der Waals surface area contributed by atoms with E-state index in [9.17, 15) is 19.8 Å². The van der Waals surface area contributed by atoms with Gasteiger partial charge in [-0.25, -0.2) is 4.79 Å². The van der Waals surface area contributed by atoms with Crippen LogP contribution < -0.4 is 11.2 Å². The maximum absolute atomic E-state index is 12.6. The minimum absolute atomic E-state index is 0.0816. The Morgan fingerprint density at radius 3 is 2.36 bits per heavy atom. The topological polar surface area (TPSA) is 146 Å². The molecular weight excluding hydrogens is 617 g/mol. The fourth-order valence-corrected chi connectivity index (χ4v) is 7.16.